The lowest BCUT2D eigenvalue weighted by atomic mass is 9.89. The number of allylic oxidation sites excluding steroid dienone is 10. The summed E-state index contributed by atoms with van der Waals surface area (Å²) in [7, 11) is 0. The maximum atomic E-state index is 12.9. The van der Waals surface area contributed by atoms with Crippen molar-refractivity contribution in [1.82, 2.24) is 0 Å². The van der Waals surface area contributed by atoms with Crippen molar-refractivity contribution >= 4 is 11.9 Å². The molecule has 0 spiro atoms. The van der Waals surface area contributed by atoms with Gasteiger partial charge < -0.3 is 35.0 Å². The van der Waals surface area contributed by atoms with Crippen LogP contribution in [-0.4, -0.2) is 80.2 Å². The number of ether oxygens (including phenoxy) is 2. The third-order valence-electron chi connectivity index (χ3n) is 9.48. The summed E-state index contributed by atoms with van der Waals surface area (Å²) in [5.74, 6) is -0.659. The highest BCUT2D eigenvalue weighted by Gasteiger charge is 2.26. The second kappa shape index (κ2) is 25.1. The van der Waals surface area contributed by atoms with E-state index in [1.807, 2.05) is 65.0 Å². The summed E-state index contributed by atoms with van der Waals surface area (Å²) in [6, 6.07) is 0. The number of carbonyl (C=O) groups excluding carboxylic acids is 2. The van der Waals surface area contributed by atoms with Crippen molar-refractivity contribution in [3.8, 4) is 0 Å². The Labute approximate surface area is 319 Å². The average molecular weight is 743 g/mol. The zero-order valence-electron chi connectivity index (χ0n) is 34.0. The minimum atomic E-state index is -1.07. The number of rotatable bonds is 17. The average Bonchev–Trinajstić information content (AvgIpc) is 3.03. The summed E-state index contributed by atoms with van der Waals surface area (Å²) in [5.41, 5.74) is 4.84. The Hall–Kier alpha value is -3.08. The maximum absolute atomic E-state index is 12.9. The minimum absolute atomic E-state index is 0.0587. The van der Waals surface area contributed by atoms with Crippen molar-refractivity contribution in [2.75, 3.05) is 0 Å². The Morgan fingerprint density at radius 3 is 2.19 bits per heavy atom. The van der Waals surface area contributed by atoms with Crippen molar-refractivity contribution in [1.29, 1.82) is 0 Å². The smallest absolute Gasteiger partial charge is 0.331 e. The molecule has 0 aromatic rings. The fourth-order valence-electron chi connectivity index (χ4n) is 6.52. The maximum Gasteiger partial charge on any atom is 0.331 e. The van der Waals surface area contributed by atoms with Gasteiger partial charge >= 0.3 is 11.9 Å². The molecule has 5 N–H and O–H groups in total. The number of hydrogen-bond donors (Lipinski definition) is 5. The molecule has 9 nitrogen and oxygen atoms in total. The number of aliphatic hydroxyl groups excluding tert-OH is 5. The fraction of sp³-hybridized carbons (Fsp3) is 0.636. The van der Waals surface area contributed by atoms with Crippen molar-refractivity contribution < 1.29 is 44.6 Å². The van der Waals surface area contributed by atoms with E-state index < -0.39 is 36.5 Å². The Morgan fingerprint density at radius 1 is 0.906 bits per heavy atom. The SMILES string of the molecule is CC(=C/C(C)=C/C=C/C(C)=C/[C@H](O)[C@@H](O)C[C@H](C)O)/C=C/C(=O)O[C@H]1CCCC(=O)O[C@@H]([C@@H](C)C/C(C)=C/[C@@H](C)[C@H](O)C[C@@H](C)O)C/C=C(\C)C[C@@H]1C. The van der Waals surface area contributed by atoms with Crippen LogP contribution in [0, 0.1) is 17.8 Å². The van der Waals surface area contributed by atoms with Gasteiger partial charge in [0.1, 0.15) is 12.2 Å². The van der Waals surface area contributed by atoms with Crippen molar-refractivity contribution in [2.24, 2.45) is 17.8 Å². The summed E-state index contributed by atoms with van der Waals surface area (Å²) in [6.07, 6.45) is 15.5. The predicted octanol–water partition coefficient (Wildman–Crippen LogP) is 7.54. The third kappa shape index (κ3) is 21.4. The first-order valence-corrected chi connectivity index (χ1v) is 19.3. The molecular weight excluding hydrogens is 672 g/mol. The van der Waals surface area contributed by atoms with E-state index >= 15 is 0 Å². The van der Waals surface area contributed by atoms with Gasteiger partial charge in [0, 0.05) is 31.3 Å². The van der Waals surface area contributed by atoms with Crippen LogP contribution in [0.1, 0.15) is 121 Å². The van der Waals surface area contributed by atoms with Crippen LogP contribution in [0.5, 0.6) is 0 Å². The molecule has 0 saturated heterocycles. The van der Waals surface area contributed by atoms with Crippen LogP contribution >= 0.6 is 0 Å². The Morgan fingerprint density at radius 2 is 1.55 bits per heavy atom. The molecule has 0 aromatic carbocycles. The van der Waals surface area contributed by atoms with Crippen LogP contribution in [0.2, 0.25) is 0 Å². The molecule has 0 amide bonds. The zero-order chi connectivity index (χ0) is 40.2. The van der Waals surface area contributed by atoms with Gasteiger partial charge in [0.15, 0.2) is 0 Å². The molecule has 1 aliphatic heterocycles. The van der Waals surface area contributed by atoms with Crippen molar-refractivity contribution in [2.45, 2.75) is 163 Å². The molecule has 1 aliphatic rings. The molecule has 0 aliphatic carbocycles. The normalized spacial score (nSPS) is 25.7. The van der Waals surface area contributed by atoms with Gasteiger partial charge in [-0.05, 0) is 92.4 Å². The number of carbonyl (C=O) groups is 2. The second-order valence-electron chi connectivity index (χ2n) is 15.6. The topological polar surface area (TPSA) is 154 Å². The van der Waals surface area contributed by atoms with E-state index in [0.29, 0.717) is 25.7 Å². The predicted molar refractivity (Wildman–Crippen MR) is 213 cm³/mol. The lowest BCUT2D eigenvalue weighted by molar-refractivity contribution is -0.152. The molecule has 0 saturated carbocycles. The molecule has 1 heterocycles. The Kier molecular flexibility index (Phi) is 22.7. The zero-order valence-corrected chi connectivity index (χ0v) is 34.0. The van der Waals surface area contributed by atoms with Crippen LogP contribution in [0.4, 0.5) is 0 Å². The van der Waals surface area contributed by atoms with Crippen LogP contribution in [0.15, 0.2) is 82.5 Å². The van der Waals surface area contributed by atoms with Gasteiger partial charge in [0.25, 0.3) is 0 Å². The van der Waals surface area contributed by atoms with Crippen molar-refractivity contribution in [3.05, 3.63) is 82.5 Å². The highest BCUT2D eigenvalue weighted by molar-refractivity contribution is 5.82. The van der Waals surface area contributed by atoms with Gasteiger partial charge in [0.05, 0.1) is 30.5 Å². The second-order valence-corrected chi connectivity index (χ2v) is 15.6. The summed E-state index contributed by atoms with van der Waals surface area (Å²) in [6.45, 7) is 19.1. The van der Waals surface area contributed by atoms with Crippen LogP contribution in [0.3, 0.4) is 0 Å². The van der Waals surface area contributed by atoms with E-state index in [9.17, 15) is 35.1 Å². The Balaban J connectivity index is 2.86. The summed E-state index contributed by atoms with van der Waals surface area (Å²) >= 11 is 0. The highest BCUT2D eigenvalue weighted by atomic mass is 16.5. The summed E-state index contributed by atoms with van der Waals surface area (Å²) in [5, 5.41) is 49.4. The van der Waals surface area contributed by atoms with Gasteiger partial charge in [-0.25, -0.2) is 4.79 Å². The highest BCUT2D eigenvalue weighted by Crippen LogP contribution is 2.27. The molecule has 0 aromatic heterocycles. The van der Waals surface area contributed by atoms with Gasteiger partial charge in [-0.2, -0.15) is 0 Å². The molecule has 10 atom stereocenters. The first kappa shape index (κ1) is 47.9. The molecular formula is C44H70O9. The van der Waals surface area contributed by atoms with Gasteiger partial charge in [0.2, 0.25) is 0 Å². The summed E-state index contributed by atoms with van der Waals surface area (Å²) in [4.78, 5) is 25.9. The van der Waals surface area contributed by atoms with E-state index in [4.69, 9.17) is 9.47 Å². The summed E-state index contributed by atoms with van der Waals surface area (Å²) < 4.78 is 11.9. The largest absolute Gasteiger partial charge is 0.462 e. The molecule has 0 fully saturated rings. The first-order valence-electron chi connectivity index (χ1n) is 19.3. The van der Waals surface area contributed by atoms with Crippen molar-refractivity contribution in [3.63, 3.8) is 0 Å². The lowest BCUT2D eigenvalue weighted by Gasteiger charge is -2.27. The Bertz CT molecular complexity index is 1350. The molecule has 0 unspecified atom stereocenters. The number of aliphatic hydroxyl groups is 5. The van der Waals surface area contributed by atoms with Gasteiger partial charge in [-0.15, -0.1) is 0 Å². The van der Waals surface area contributed by atoms with Gasteiger partial charge in [-0.3, -0.25) is 4.79 Å². The number of cyclic esters (lactones) is 1. The third-order valence-corrected chi connectivity index (χ3v) is 9.48. The van der Waals surface area contributed by atoms with E-state index in [-0.39, 0.29) is 48.8 Å². The molecule has 0 bridgehead atoms. The van der Waals surface area contributed by atoms with Gasteiger partial charge in [-0.1, -0.05) is 97.2 Å². The molecule has 0 radical (unpaired) electrons. The first-order chi connectivity index (χ1) is 24.8. The number of hydrogen-bond acceptors (Lipinski definition) is 9. The lowest BCUT2D eigenvalue weighted by Crippen LogP contribution is -2.28. The fourth-order valence-corrected chi connectivity index (χ4v) is 6.52. The van der Waals surface area contributed by atoms with Crippen LogP contribution in [-0.2, 0) is 19.1 Å². The monoisotopic (exact) mass is 743 g/mol. The quantitative estimate of drug-likeness (QED) is 0.0440. The molecule has 53 heavy (non-hydrogen) atoms. The van der Waals surface area contributed by atoms with E-state index in [0.717, 1.165) is 40.7 Å². The van der Waals surface area contributed by atoms with E-state index in [1.54, 1.807) is 26.0 Å². The standard InChI is InChI=1S/C44H70O9/c1-28(13-11-14-29(2)25-39(48)40(49)27-37(10)46)21-30(3)18-20-44(51)52-41-15-12-16-43(50)53-42(19-17-31(4)22-34(41)7)35(8)24-32(5)23-33(6)38(47)26-36(9)45/h11,13-14,17-18,20-21,23,25,33-42,45-49H,12,15-16,19,22,24,26-27H2,1-10H3/b14-11+,20-18+,28-13+,29-25+,30-21-,31-17+,32-23+/t33-,34+,35+,36-,37+,38-,39+,40+,41+,42-/m1/s1. The minimum Gasteiger partial charge on any atom is -0.462 e. The number of esters is 2. The van der Waals surface area contributed by atoms with Crippen LogP contribution < -0.4 is 0 Å². The van der Waals surface area contributed by atoms with E-state index in [2.05, 4.69) is 26.8 Å². The molecule has 300 valence electrons. The van der Waals surface area contributed by atoms with E-state index in [1.165, 1.54) is 6.08 Å². The molecule has 1 rings (SSSR count). The van der Waals surface area contributed by atoms with Crippen LogP contribution in [0.25, 0.3) is 0 Å². The molecule has 9 heteroatoms.